The van der Waals surface area contributed by atoms with Crippen molar-refractivity contribution in [2.75, 3.05) is 7.11 Å². The smallest absolute Gasteiger partial charge is 0.106 e. The Labute approximate surface area is 87.1 Å². The maximum absolute atomic E-state index is 5.94. The fourth-order valence-corrected chi connectivity index (χ4v) is 1.51. The van der Waals surface area contributed by atoms with Crippen molar-refractivity contribution in [3.05, 3.63) is 33.8 Å². The SMILES string of the molecule is CON=C(C)c1ccc(Cl)cc1Cl. The van der Waals surface area contributed by atoms with Crippen molar-refractivity contribution in [3.63, 3.8) is 0 Å². The van der Waals surface area contributed by atoms with E-state index in [9.17, 15) is 0 Å². The number of hydrogen-bond donors (Lipinski definition) is 0. The summed E-state index contributed by atoms with van der Waals surface area (Å²) in [5.74, 6) is 0. The molecule has 1 aromatic carbocycles. The normalized spacial score (nSPS) is 11.5. The van der Waals surface area contributed by atoms with Crippen LogP contribution in [-0.4, -0.2) is 12.8 Å². The minimum Gasteiger partial charge on any atom is -0.399 e. The van der Waals surface area contributed by atoms with Crippen LogP contribution in [0.4, 0.5) is 0 Å². The molecular weight excluding hydrogens is 209 g/mol. The minimum absolute atomic E-state index is 0.575. The Kier molecular flexibility index (Phi) is 3.58. The average Bonchev–Trinajstić information content (AvgIpc) is 2.04. The molecule has 0 unspecified atom stereocenters. The summed E-state index contributed by atoms with van der Waals surface area (Å²) in [5.41, 5.74) is 1.55. The molecule has 0 N–H and O–H groups in total. The van der Waals surface area contributed by atoms with Crippen LogP contribution in [0.25, 0.3) is 0 Å². The molecule has 0 aliphatic carbocycles. The van der Waals surface area contributed by atoms with Gasteiger partial charge in [0.05, 0.1) is 10.7 Å². The number of oxime groups is 1. The Balaban J connectivity index is 3.09. The van der Waals surface area contributed by atoms with Crippen molar-refractivity contribution in [1.82, 2.24) is 0 Å². The molecule has 0 spiro atoms. The predicted molar refractivity (Wildman–Crippen MR) is 55.7 cm³/mol. The second-order valence-corrected chi connectivity index (χ2v) is 3.33. The van der Waals surface area contributed by atoms with Gasteiger partial charge < -0.3 is 4.84 Å². The summed E-state index contributed by atoms with van der Waals surface area (Å²) in [6.45, 7) is 1.82. The summed E-state index contributed by atoms with van der Waals surface area (Å²) in [5, 5.41) is 4.96. The molecule has 0 saturated carbocycles. The average molecular weight is 218 g/mol. The van der Waals surface area contributed by atoms with Gasteiger partial charge in [-0.25, -0.2) is 0 Å². The van der Waals surface area contributed by atoms with Crippen LogP contribution in [0.3, 0.4) is 0 Å². The van der Waals surface area contributed by atoms with Gasteiger partial charge in [-0.1, -0.05) is 34.4 Å². The maximum atomic E-state index is 5.94. The lowest BCUT2D eigenvalue weighted by Crippen LogP contribution is -1.96. The summed E-state index contributed by atoms with van der Waals surface area (Å²) in [6.07, 6.45) is 0. The van der Waals surface area contributed by atoms with E-state index in [1.807, 2.05) is 13.0 Å². The lowest BCUT2D eigenvalue weighted by atomic mass is 10.1. The molecule has 0 atom stereocenters. The molecule has 4 heteroatoms. The quantitative estimate of drug-likeness (QED) is 0.550. The zero-order valence-electron chi connectivity index (χ0n) is 7.34. The fourth-order valence-electron chi connectivity index (χ4n) is 0.969. The molecule has 0 bridgehead atoms. The molecule has 0 amide bonds. The van der Waals surface area contributed by atoms with Crippen LogP contribution < -0.4 is 0 Å². The molecule has 0 saturated heterocycles. The fraction of sp³-hybridized carbons (Fsp3) is 0.222. The molecule has 0 aromatic heterocycles. The van der Waals surface area contributed by atoms with Crippen molar-refractivity contribution in [2.24, 2.45) is 5.16 Å². The molecule has 0 aliphatic rings. The summed E-state index contributed by atoms with van der Waals surface area (Å²) < 4.78 is 0. The van der Waals surface area contributed by atoms with E-state index in [0.717, 1.165) is 11.3 Å². The van der Waals surface area contributed by atoms with Gasteiger partial charge in [0, 0.05) is 10.6 Å². The lowest BCUT2D eigenvalue weighted by molar-refractivity contribution is 0.213. The highest BCUT2D eigenvalue weighted by molar-refractivity contribution is 6.36. The van der Waals surface area contributed by atoms with Crippen LogP contribution in [0.5, 0.6) is 0 Å². The molecule has 1 aromatic rings. The van der Waals surface area contributed by atoms with Crippen LogP contribution in [0, 0.1) is 0 Å². The first kappa shape index (κ1) is 10.4. The van der Waals surface area contributed by atoms with E-state index in [4.69, 9.17) is 23.2 Å². The number of halogens is 2. The van der Waals surface area contributed by atoms with Crippen LogP contribution >= 0.6 is 23.2 Å². The van der Waals surface area contributed by atoms with E-state index in [1.54, 1.807) is 12.1 Å². The van der Waals surface area contributed by atoms with Crippen molar-refractivity contribution >= 4 is 28.9 Å². The minimum atomic E-state index is 0.575. The van der Waals surface area contributed by atoms with Gasteiger partial charge >= 0.3 is 0 Å². The third-order valence-corrected chi connectivity index (χ3v) is 2.10. The van der Waals surface area contributed by atoms with Gasteiger partial charge in [-0.3, -0.25) is 0 Å². The molecule has 0 aliphatic heterocycles. The maximum Gasteiger partial charge on any atom is 0.106 e. The van der Waals surface area contributed by atoms with Crippen LogP contribution in [0.2, 0.25) is 10.0 Å². The summed E-state index contributed by atoms with van der Waals surface area (Å²) >= 11 is 11.7. The third-order valence-electron chi connectivity index (χ3n) is 1.55. The number of benzene rings is 1. The summed E-state index contributed by atoms with van der Waals surface area (Å²) in [6, 6.07) is 5.24. The zero-order valence-corrected chi connectivity index (χ0v) is 8.86. The first-order chi connectivity index (χ1) is 6.15. The van der Waals surface area contributed by atoms with Gasteiger partial charge in [0.1, 0.15) is 7.11 Å². The lowest BCUT2D eigenvalue weighted by Gasteiger charge is -2.02. The van der Waals surface area contributed by atoms with Gasteiger partial charge in [0.25, 0.3) is 0 Å². The van der Waals surface area contributed by atoms with E-state index >= 15 is 0 Å². The third kappa shape index (κ3) is 2.61. The number of nitrogens with zero attached hydrogens (tertiary/aromatic N) is 1. The highest BCUT2D eigenvalue weighted by Gasteiger charge is 2.04. The first-order valence-electron chi connectivity index (χ1n) is 3.68. The monoisotopic (exact) mass is 217 g/mol. The van der Waals surface area contributed by atoms with Crippen LogP contribution in [0.1, 0.15) is 12.5 Å². The summed E-state index contributed by atoms with van der Waals surface area (Å²) in [4.78, 5) is 4.64. The molecule has 70 valence electrons. The molecule has 13 heavy (non-hydrogen) atoms. The van der Waals surface area contributed by atoms with Crippen molar-refractivity contribution < 1.29 is 4.84 Å². The Morgan fingerprint density at radius 3 is 2.62 bits per heavy atom. The molecule has 2 nitrogen and oxygen atoms in total. The van der Waals surface area contributed by atoms with Crippen LogP contribution in [-0.2, 0) is 4.84 Å². The van der Waals surface area contributed by atoms with E-state index in [0.29, 0.717) is 10.0 Å². The van der Waals surface area contributed by atoms with Crippen molar-refractivity contribution in [1.29, 1.82) is 0 Å². The zero-order chi connectivity index (χ0) is 9.84. The van der Waals surface area contributed by atoms with Crippen LogP contribution in [0.15, 0.2) is 23.4 Å². The molecule has 0 fully saturated rings. The van der Waals surface area contributed by atoms with Gasteiger partial charge in [-0.05, 0) is 19.1 Å². The van der Waals surface area contributed by atoms with E-state index in [-0.39, 0.29) is 0 Å². The Morgan fingerprint density at radius 2 is 2.08 bits per heavy atom. The van der Waals surface area contributed by atoms with Gasteiger partial charge in [-0.15, -0.1) is 0 Å². The van der Waals surface area contributed by atoms with Gasteiger partial charge in [0.2, 0.25) is 0 Å². The first-order valence-corrected chi connectivity index (χ1v) is 4.44. The van der Waals surface area contributed by atoms with E-state index < -0.39 is 0 Å². The highest BCUT2D eigenvalue weighted by Crippen LogP contribution is 2.21. The van der Waals surface area contributed by atoms with Crippen molar-refractivity contribution in [3.8, 4) is 0 Å². The standard InChI is InChI=1S/C9H9Cl2NO/c1-6(12-13-2)8-4-3-7(10)5-9(8)11/h3-5H,1-2H3. The Bertz CT molecular complexity index is 336. The molecule has 0 radical (unpaired) electrons. The Morgan fingerprint density at radius 1 is 1.38 bits per heavy atom. The largest absolute Gasteiger partial charge is 0.399 e. The van der Waals surface area contributed by atoms with E-state index in [2.05, 4.69) is 9.99 Å². The molecular formula is C9H9Cl2NO. The highest BCUT2D eigenvalue weighted by atomic mass is 35.5. The number of rotatable bonds is 2. The summed E-state index contributed by atoms with van der Waals surface area (Å²) in [7, 11) is 1.49. The van der Waals surface area contributed by atoms with Crippen molar-refractivity contribution in [2.45, 2.75) is 6.92 Å². The van der Waals surface area contributed by atoms with E-state index in [1.165, 1.54) is 7.11 Å². The molecule has 1 rings (SSSR count). The predicted octanol–water partition coefficient (Wildman–Crippen LogP) is 3.36. The van der Waals surface area contributed by atoms with Gasteiger partial charge in [-0.2, -0.15) is 0 Å². The number of hydrogen-bond acceptors (Lipinski definition) is 2. The van der Waals surface area contributed by atoms with Gasteiger partial charge in [0.15, 0.2) is 0 Å². The topological polar surface area (TPSA) is 21.6 Å². The second kappa shape index (κ2) is 4.49. The molecule has 0 heterocycles. The second-order valence-electron chi connectivity index (χ2n) is 2.48. The Hall–Kier alpha value is -0.730.